The van der Waals surface area contributed by atoms with Gasteiger partial charge in [-0.1, -0.05) is 11.6 Å². The molecule has 3 rings (SSSR count). The Labute approximate surface area is 158 Å². The van der Waals surface area contributed by atoms with Crippen LogP contribution in [0.4, 0.5) is 23.5 Å². The molecule has 1 saturated carbocycles. The number of alkyl halides is 3. The Balaban J connectivity index is 1.90. The van der Waals surface area contributed by atoms with Crippen LogP contribution in [0.5, 0.6) is 0 Å². The number of halogens is 5. The molecule has 148 valence electrons. The number of hydrogen-bond acceptors (Lipinski definition) is 2. The minimum atomic E-state index is -3.43. The monoisotopic (exact) mass is 405 g/mol. The fraction of sp³-hybridized carbons (Fsp3) is 0.556. The zero-order chi connectivity index (χ0) is 20.4. The number of imidazole rings is 1. The fourth-order valence-corrected chi connectivity index (χ4v) is 3.53. The summed E-state index contributed by atoms with van der Waals surface area (Å²) in [6.07, 6.45) is -1.07. The molecular weight excluding hydrogens is 386 g/mol. The molecule has 1 fully saturated rings. The van der Waals surface area contributed by atoms with Gasteiger partial charge < -0.3 is 4.57 Å². The molecular formula is C18H20ClF4N3O. The molecule has 0 bridgehead atoms. The molecule has 0 spiro atoms. The van der Waals surface area contributed by atoms with Crippen LogP contribution in [0.15, 0.2) is 12.1 Å². The van der Waals surface area contributed by atoms with Gasteiger partial charge in [-0.25, -0.2) is 22.5 Å². The van der Waals surface area contributed by atoms with E-state index in [4.69, 9.17) is 11.6 Å². The van der Waals surface area contributed by atoms with Gasteiger partial charge in [0, 0.05) is 30.4 Å². The topological polar surface area (TPSA) is 46.9 Å². The van der Waals surface area contributed by atoms with E-state index in [1.807, 2.05) is 20.8 Å². The van der Waals surface area contributed by atoms with Crippen LogP contribution in [-0.2, 0) is 10.3 Å². The van der Waals surface area contributed by atoms with Crippen molar-refractivity contribution in [2.75, 3.05) is 5.32 Å². The van der Waals surface area contributed by atoms with E-state index in [2.05, 4.69) is 10.3 Å². The van der Waals surface area contributed by atoms with Gasteiger partial charge in [-0.2, -0.15) is 0 Å². The molecule has 0 radical (unpaired) electrons. The highest BCUT2D eigenvalue weighted by Crippen LogP contribution is 2.55. The Kier molecular flexibility index (Phi) is 4.49. The lowest BCUT2D eigenvalue weighted by Crippen LogP contribution is -2.60. The smallest absolute Gasteiger partial charge is 0.281 e. The third-order valence-corrected chi connectivity index (χ3v) is 5.32. The average molecular weight is 406 g/mol. The fourth-order valence-electron chi connectivity index (χ4n) is 3.37. The molecule has 1 aliphatic rings. The predicted molar refractivity (Wildman–Crippen MR) is 95.5 cm³/mol. The minimum absolute atomic E-state index is 0.0873. The first-order valence-corrected chi connectivity index (χ1v) is 8.86. The van der Waals surface area contributed by atoms with E-state index < -0.39 is 47.6 Å². The second kappa shape index (κ2) is 6.09. The van der Waals surface area contributed by atoms with Gasteiger partial charge in [0.15, 0.2) is 5.67 Å². The number of carbonyl (C=O) groups is 1. The van der Waals surface area contributed by atoms with Crippen molar-refractivity contribution in [2.45, 2.75) is 57.7 Å². The van der Waals surface area contributed by atoms with E-state index in [1.165, 1.54) is 6.07 Å². The van der Waals surface area contributed by atoms with Crippen molar-refractivity contribution < 1.29 is 22.4 Å². The second-order valence-electron chi connectivity index (χ2n) is 8.13. The average Bonchev–Trinajstić information content (AvgIpc) is 2.83. The van der Waals surface area contributed by atoms with Crippen LogP contribution in [-0.4, -0.2) is 27.0 Å². The molecule has 2 atom stereocenters. The third kappa shape index (κ3) is 3.28. The molecule has 2 unspecified atom stereocenters. The highest BCUT2D eigenvalue weighted by atomic mass is 35.5. The van der Waals surface area contributed by atoms with E-state index in [9.17, 15) is 22.4 Å². The van der Waals surface area contributed by atoms with Crippen molar-refractivity contribution in [3.05, 3.63) is 23.0 Å². The summed E-state index contributed by atoms with van der Waals surface area (Å²) in [5.74, 6) is -5.66. The van der Waals surface area contributed by atoms with Crippen molar-refractivity contribution in [1.82, 2.24) is 9.55 Å². The molecule has 2 aromatic rings. The van der Waals surface area contributed by atoms with Gasteiger partial charge in [-0.15, -0.1) is 0 Å². The first-order chi connectivity index (χ1) is 12.2. The van der Waals surface area contributed by atoms with E-state index in [1.54, 1.807) is 4.57 Å². The predicted octanol–water partition coefficient (Wildman–Crippen LogP) is 5.30. The molecule has 1 aromatic carbocycles. The second-order valence-corrected chi connectivity index (χ2v) is 8.54. The van der Waals surface area contributed by atoms with Crippen molar-refractivity contribution >= 4 is 34.5 Å². The molecule has 1 N–H and O–H groups in total. The molecule has 0 saturated heterocycles. The summed E-state index contributed by atoms with van der Waals surface area (Å²) in [5, 5.41) is 2.46. The Morgan fingerprint density at radius 3 is 2.52 bits per heavy atom. The Hall–Kier alpha value is -1.83. The van der Waals surface area contributed by atoms with Crippen molar-refractivity contribution in [3.8, 4) is 0 Å². The maximum Gasteiger partial charge on any atom is 0.281 e. The van der Waals surface area contributed by atoms with E-state index >= 15 is 0 Å². The number of carbonyl (C=O) groups excluding carboxylic acids is 1. The Bertz CT molecular complexity index is 917. The molecule has 1 aromatic heterocycles. The van der Waals surface area contributed by atoms with E-state index in [-0.39, 0.29) is 16.5 Å². The summed E-state index contributed by atoms with van der Waals surface area (Å²) in [6, 6.07) is 2.56. The normalized spacial score (nSPS) is 24.7. The summed E-state index contributed by atoms with van der Waals surface area (Å²) in [4.78, 5) is 16.6. The van der Waals surface area contributed by atoms with Gasteiger partial charge in [0.25, 0.3) is 5.92 Å². The number of anilines is 1. The number of rotatable bonds is 3. The molecule has 0 aliphatic heterocycles. The highest BCUT2D eigenvalue weighted by Gasteiger charge is 2.66. The number of amides is 1. The maximum absolute atomic E-state index is 14.1. The number of nitrogens with one attached hydrogen (secondary N) is 1. The molecule has 27 heavy (non-hydrogen) atoms. The molecule has 9 heteroatoms. The van der Waals surface area contributed by atoms with Crippen LogP contribution in [0, 0.1) is 11.7 Å². The zero-order valence-corrected chi connectivity index (χ0v) is 16.1. The van der Waals surface area contributed by atoms with Crippen LogP contribution in [0.1, 0.15) is 40.5 Å². The third-order valence-electron chi connectivity index (χ3n) is 5.03. The van der Waals surface area contributed by atoms with Gasteiger partial charge in [-0.05, 0) is 33.8 Å². The van der Waals surface area contributed by atoms with Crippen LogP contribution in [0.25, 0.3) is 11.0 Å². The number of fused-ring (bicyclic) bond motifs is 1. The number of nitrogens with zero attached hydrogens (tertiary/aromatic N) is 2. The summed E-state index contributed by atoms with van der Waals surface area (Å²) >= 11 is 5.86. The summed E-state index contributed by atoms with van der Waals surface area (Å²) in [7, 11) is 0. The van der Waals surface area contributed by atoms with E-state index in [0.717, 1.165) is 13.0 Å². The lowest BCUT2D eigenvalue weighted by molar-refractivity contribution is -0.242. The van der Waals surface area contributed by atoms with Gasteiger partial charge >= 0.3 is 0 Å². The van der Waals surface area contributed by atoms with Gasteiger partial charge in [-0.3, -0.25) is 10.1 Å². The van der Waals surface area contributed by atoms with Gasteiger partial charge in [0.05, 0.1) is 16.1 Å². The molecule has 1 heterocycles. The number of aromatic nitrogens is 2. The number of benzene rings is 1. The zero-order valence-electron chi connectivity index (χ0n) is 15.3. The van der Waals surface area contributed by atoms with Crippen LogP contribution in [0.2, 0.25) is 5.02 Å². The summed E-state index contributed by atoms with van der Waals surface area (Å²) in [5.41, 5.74) is -2.47. The molecule has 1 aliphatic carbocycles. The highest BCUT2D eigenvalue weighted by molar-refractivity contribution is 6.31. The summed E-state index contributed by atoms with van der Waals surface area (Å²) < 4.78 is 56.1. The lowest BCUT2D eigenvalue weighted by atomic mass is 9.67. The first kappa shape index (κ1) is 19.9. The van der Waals surface area contributed by atoms with E-state index in [0.29, 0.717) is 5.52 Å². The minimum Gasteiger partial charge on any atom is -0.305 e. The van der Waals surface area contributed by atoms with Crippen molar-refractivity contribution in [2.24, 2.45) is 5.92 Å². The van der Waals surface area contributed by atoms with Gasteiger partial charge in [0.1, 0.15) is 5.82 Å². The van der Waals surface area contributed by atoms with Crippen LogP contribution < -0.4 is 5.32 Å². The number of hydrogen-bond donors (Lipinski definition) is 1. The van der Waals surface area contributed by atoms with Crippen LogP contribution in [0.3, 0.4) is 0 Å². The largest absolute Gasteiger partial charge is 0.305 e. The maximum atomic E-state index is 14.1. The van der Waals surface area contributed by atoms with Crippen molar-refractivity contribution in [1.29, 1.82) is 0 Å². The van der Waals surface area contributed by atoms with Gasteiger partial charge in [0.2, 0.25) is 11.9 Å². The Morgan fingerprint density at radius 2 is 2.00 bits per heavy atom. The Morgan fingerprint density at radius 1 is 1.37 bits per heavy atom. The first-order valence-electron chi connectivity index (χ1n) is 8.48. The standard InChI is InChI=1S/C18H20ClF4N3O/c1-16(2,3)26-13-6-10(19)11(20)7-12(13)24-15(26)25-14(27)5-9-8-18(22,23)17(9,4)21/h6-7,9H,5,8H2,1-4H3,(H,24,25,27). The molecule has 4 nitrogen and oxygen atoms in total. The van der Waals surface area contributed by atoms with Crippen LogP contribution >= 0.6 is 11.6 Å². The quantitative estimate of drug-likeness (QED) is 0.705. The molecule has 1 amide bonds. The van der Waals surface area contributed by atoms with Crippen molar-refractivity contribution in [3.63, 3.8) is 0 Å². The summed E-state index contributed by atoms with van der Waals surface area (Å²) in [6.45, 7) is 6.37. The SMILES string of the molecule is CC(C)(C)n1c(NC(=O)CC2CC(F)(F)C2(C)F)nc2cc(F)c(Cl)cc21. The lowest BCUT2D eigenvalue weighted by Gasteiger charge is -2.47.